The predicted octanol–water partition coefficient (Wildman–Crippen LogP) is 2.17. The number of nitrogens with two attached hydrogens (primary N) is 1. The first-order valence-corrected chi connectivity index (χ1v) is 4.95. The van der Waals surface area contributed by atoms with E-state index in [-0.39, 0.29) is 22.1 Å². The SMILES string of the molecule is Nc1nc(Nc2cc(F)c(Br)c(F)c2)n[nH]1. The summed E-state index contributed by atoms with van der Waals surface area (Å²) in [6.45, 7) is 0. The molecule has 0 saturated heterocycles. The van der Waals surface area contributed by atoms with Crippen molar-refractivity contribution < 1.29 is 8.78 Å². The van der Waals surface area contributed by atoms with Crippen LogP contribution in [0.2, 0.25) is 0 Å². The standard InChI is InChI=1S/C8H6BrF2N5/c9-6-4(10)1-3(2-5(6)11)13-8-14-7(12)15-16-8/h1-2H,(H4,12,13,14,15,16). The van der Waals surface area contributed by atoms with Crippen LogP contribution in [0, 0.1) is 11.6 Å². The summed E-state index contributed by atoms with van der Waals surface area (Å²) in [5.41, 5.74) is 5.48. The third kappa shape index (κ3) is 2.11. The van der Waals surface area contributed by atoms with Gasteiger partial charge in [0.25, 0.3) is 0 Å². The molecular formula is C8H6BrF2N5. The molecule has 1 aromatic heterocycles. The number of nitrogens with zero attached hydrogens (tertiary/aromatic N) is 2. The Morgan fingerprint density at radius 1 is 1.31 bits per heavy atom. The van der Waals surface area contributed by atoms with Gasteiger partial charge >= 0.3 is 0 Å². The first-order valence-electron chi connectivity index (χ1n) is 4.15. The highest BCUT2D eigenvalue weighted by Crippen LogP contribution is 2.24. The molecule has 0 spiro atoms. The van der Waals surface area contributed by atoms with Gasteiger partial charge in [-0.3, -0.25) is 0 Å². The monoisotopic (exact) mass is 289 g/mol. The molecule has 8 heteroatoms. The Hall–Kier alpha value is -1.70. The van der Waals surface area contributed by atoms with E-state index < -0.39 is 11.6 Å². The third-order valence-corrected chi connectivity index (χ3v) is 2.50. The van der Waals surface area contributed by atoms with Gasteiger partial charge in [-0.05, 0) is 28.1 Å². The molecule has 16 heavy (non-hydrogen) atoms. The van der Waals surface area contributed by atoms with Crippen LogP contribution < -0.4 is 11.1 Å². The maximum absolute atomic E-state index is 13.1. The zero-order chi connectivity index (χ0) is 11.7. The summed E-state index contributed by atoms with van der Waals surface area (Å²) >= 11 is 2.77. The summed E-state index contributed by atoms with van der Waals surface area (Å²) in [4.78, 5) is 3.73. The van der Waals surface area contributed by atoms with E-state index in [2.05, 4.69) is 36.4 Å². The summed E-state index contributed by atoms with van der Waals surface area (Å²) < 4.78 is 26.1. The number of nitrogens with one attached hydrogen (secondary N) is 2. The summed E-state index contributed by atoms with van der Waals surface area (Å²) in [7, 11) is 0. The Morgan fingerprint density at radius 2 is 1.94 bits per heavy atom. The molecule has 0 atom stereocenters. The fourth-order valence-corrected chi connectivity index (χ4v) is 1.32. The van der Waals surface area contributed by atoms with Crippen LogP contribution in [-0.4, -0.2) is 15.2 Å². The van der Waals surface area contributed by atoms with Gasteiger partial charge in [-0.15, -0.1) is 5.10 Å². The van der Waals surface area contributed by atoms with Crippen molar-refractivity contribution in [1.82, 2.24) is 15.2 Å². The predicted molar refractivity (Wildman–Crippen MR) is 58.1 cm³/mol. The lowest BCUT2D eigenvalue weighted by Crippen LogP contribution is -1.95. The molecule has 4 N–H and O–H groups in total. The molecule has 0 aliphatic rings. The Kier molecular flexibility index (Phi) is 2.73. The molecule has 2 aromatic rings. The van der Waals surface area contributed by atoms with Crippen LogP contribution in [-0.2, 0) is 0 Å². The number of aromatic nitrogens is 3. The number of anilines is 3. The molecule has 0 amide bonds. The largest absolute Gasteiger partial charge is 0.368 e. The molecule has 0 bridgehead atoms. The minimum absolute atomic E-state index is 0.112. The molecule has 0 aliphatic carbocycles. The van der Waals surface area contributed by atoms with Crippen LogP contribution in [0.5, 0.6) is 0 Å². The fourth-order valence-electron chi connectivity index (χ4n) is 1.09. The molecule has 0 saturated carbocycles. The molecule has 1 heterocycles. The Morgan fingerprint density at radius 3 is 2.44 bits per heavy atom. The number of hydrogen-bond acceptors (Lipinski definition) is 4. The molecule has 0 aliphatic heterocycles. The number of halogens is 3. The Balaban J connectivity index is 2.28. The summed E-state index contributed by atoms with van der Waals surface area (Å²) in [6, 6.07) is 2.22. The molecule has 5 nitrogen and oxygen atoms in total. The Labute approximate surface area is 97.2 Å². The molecule has 84 valence electrons. The summed E-state index contributed by atoms with van der Waals surface area (Å²) in [5, 5.41) is 8.65. The number of H-pyrrole nitrogens is 1. The van der Waals surface area contributed by atoms with Crippen LogP contribution in [0.3, 0.4) is 0 Å². The van der Waals surface area contributed by atoms with E-state index >= 15 is 0 Å². The van der Waals surface area contributed by atoms with Crippen LogP contribution in [0.4, 0.5) is 26.4 Å². The number of benzene rings is 1. The van der Waals surface area contributed by atoms with E-state index in [9.17, 15) is 8.78 Å². The van der Waals surface area contributed by atoms with Crippen molar-refractivity contribution in [2.75, 3.05) is 11.1 Å². The molecular weight excluding hydrogens is 284 g/mol. The van der Waals surface area contributed by atoms with Crippen molar-refractivity contribution in [3.8, 4) is 0 Å². The van der Waals surface area contributed by atoms with Crippen LogP contribution in [0.25, 0.3) is 0 Å². The lowest BCUT2D eigenvalue weighted by molar-refractivity contribution is 0.573. The summed E-state index contributed by atoms with van der Waals surface area (Å²) in [5.74, 6) is -1.18. The van der Waals surface area contributed by atoms with Crippen LogP contribution in [0.15, 0.2) is 16.6 Å². The van der Waals surface area contributed by atoms with Gasteiger partial charge < -0.3 is 11.1 Å². The van der Waals surface area contributed by atoms with Crippen molar-refractivity contribution in [3.05, 3.63) is 28.2 Å². The molecule has 1 aromatic carbocycles. The van der Waals surface area contributed by atoms with Crippen molar-refractivity contribution in [1.29, 1.82) is 0 Å². The van der Waals surface area contributed by atoms with Crippen molar-refractivity contribution >= 4 is 33.5 Å². The van der Waals surface area contributed by atoms with Gasteiger partial charge in [0, 0.05) is 5.69 Å². The van der Waals surface area contributed by atoms with Gasteiger partial charge in [0.1, 0.15) is 11.6 Å². The number of aromatic amines is 1. The number of rotatable bonds is 2. The van der Waals surface area contributed by atoms with Gasteiger partial charge in [-0.2, -0.15) is 4.98 Å². The highest BCUT2D eigenvalue weighted by atomic mass is 79.9. The average Bonchev–Trinajstić information content (AvgIpc) is 2.60. The molecule has 2 rings (SSSR count). The number of hydrogen-bond donors (Lipinski definition) is 3. The van der Waals surface area contributed by atoms with Gasteiger partial charge in [0.05, 0.1) is 4.47 Å². The topological polar surface area (TPSA) is 79.6 Å². The summed E-state index contributed by atoms with van der Waals surface area (Å²) in [6.07, 6.45) is 0. The minimum atomic E-state index is -0.717. The highest BCUT2D eigenvalue weighted by molar-refractivity contribution is 9.10. The first kappa shape index (κ1) is 10.8. The van der Waals surface area contributed by atoms with Crippen molar-refractivity contribution in [2.24, 2.45) is 0 Å². The second kappa shape index (κ2) is 4.05. The zero-order valence-electron chi connectivity index (χ0n) is 7.76. The first-order chi connectivity index (χ1) is 7.56. The maximum Gasteiger partial charge on any atom is 0.248 e. The quantitative estimate of drug-likeness (QED) is 0.740. The lowest BCUT2D eigenvalue weighted by atomic mass is 10.3. The lowest BCUT2D eigenvalue weighted by Gasteiger charge is -2.03. The molecule has 0 fully saturated rings. The van der Waals surface area contributed by atoms with Crippen molar-refractivity contribution in [2.45, 2.75) is 0 Å². The van der Waals surface area contributed by atoms with Crippen LogP contribution >= 0.6 is 15.9 Å². The van der Waals surface area contributed by atoms with E-state index in [4.69, 9.17) is 5.73 Å². The molecule has 0 radical (unpaired) electrons. The Bertz CT molecular complexity index is 504. The van der Waals surface area contributed by atoms with Gasteiger partial charge in [0.15, 0.2) is 0 Å². The van der Waals surface area contributed by atoms with Gasteiger partial charge in [-0.25, -0.2) is 13.9 Å². The number of nitrogen functional groups attached to an aromatic ring is 1. The van der Waals surface area contributed by atoms with Crippen LogP contribution in [0.1, 0.15) is 0 Å². The zero-order valence-corrected chi connectivity index (χ0v) is 9.35. The molecule has 0 unspecified atom stereocenters. The van der Waals surface area contributed by atoms with Gasteiger partial charge in [0.2, 0.25) is 11.9 Å². The average molecular weight is 290 g/mol. The second-order valence-corrected chi connectivity index (χ2v) is 3.72. The van der Waals surface area contributed by atoms with E-state index in [1.54, 1.807) is 0 Å². The van der Waals surface area contributed by atoms with E-state index in [0.29, 0.717) is 0 Å². The normalized spacial score (nSPS) is 10.4. The van der Waals surface area contributed by atoms with Crippen molar-refractivity contribution in [3.63, 3.8) is 0 Å². The second-order valence-electron chi connectivity index (χ2n) is 2.92. The van der Waals surface area contributed by atoms with E-state index in [0.717, 1.165) is 12.1 Å². The fraction of sp³-hybridized carbons (Fsp3) is 0. The highest BCUT2D eigenvalue weighted by Gasteiger charge is 2.09. The third-order valence-electron chi connectivity index (χ3n) is 1.74. The van der Waals surface area contributed by atoms with E-state index in [1.165, 1.54) is 0 Å². The van der Waals surface area contributed by atoms with E-state index in [1.807, 2.05) is 0 Å². The maximum atomic E-state index is 13.1. The minimum Gasteiger partial charge on any atom is -0.368 e. The smallest absolute Gasteiger partial charge is 0.248 e. The van der Waals surface area contributed by atoms with Gasteiger partial charge in [-0.1, -0.05) is 0 Å².